The van der Waals surface area contributed by atoms with Crippen LogP contribution in [0.1, 0.15) is 0 Å². The molecule has 0 aliphatic heterocycles. The molecule has 0 fully saturated rings. The molecule has 5 heteroatoms. The Balaban J connectivity index is 0.878. The van der Waals surface area contributed by atoms with Gasteiger partial charge in [0, 0.05) is 55.9 Å². The lowest BCUT2D eigenvalue weighted by molar-refractivity contribution is 0.669. The van der Waals surface area contributed by atoms with E-state index in [9.17, 15) is 4.91 Å². The van der Waals surface area contributed by atoms with Crippen LogP contribution in [0.4, 0.5) is 39.8 Å². The minimum absolute atomic E-state index is 0.381. The number of rotatable bonds is 10. The van der Waals surface area contributed by atoms with Crippen LogP contribution in [0.25, 0.3) is 87.6 Å². The SMILES string of the molecule is O=Nc1cc2cc3c(cc2cc1-c1ccc(N(c2ccc(-c4ccccc4)cc2)c2cccc4ccccc24)cc1)oc1cc(N(c2ccc(-c4ccccc4)cc2)c2cccc4ccccc24)ccc13. The molecule has 0 saturated carbocycles. The number of hydrogen-bond acceptors (Lipinski definition) is 5. The van der Waals surface area contributed by atoms with Crippen molar-refractivity contribution in [2.75, 3.05) is 9.80 Å². The van der Waals surface area contributed by atoms with Crippen LogP contribution in [-0.2, 0) is 0 Å². The van der Waals surface area contributed by atoms with Gasteiger partial charge in [-0.25, -0.2) is 0 Å². The van der Waals surface area contributed by atoms with E-state index in [0.29, 0.717) is 5.69 Å². The van der Waals surface area contributed by atoms with E-state index in [4.69, 9.17) is 4.42 Å². The molecule has 71 heavy (non-hydrogen) atoms. The van der Waals surface area contributed by atoms with Crippen LogP contribution >= 0.6 is 0 Å². The summed E-state index contributed by atoms with van der Waals surface area (Å²) in [4.78, 5) is 17.3. The van der Waals surface area contributed by atoms with E-state index in [2.05, 4.69) is 258 Å². The van der Waals surface area contributed by atoms with Crippen LogP contribution < -0.4 is 9.80 Å². The van der Waals surface area contributed by atoms with Crippen LogP contribution in [0.15, 0.2) is 270 Å². The predicted molar refractivity (Wildman–Crippen MR) is 297 cm³/mol. The zero-order valence-electron chi connectivity index (χ0n) is 38.5. The largest absolute Gasteiger partial charge is 0.456 e. The number of nitroso groups, excluding NO2 is 1. The molecule has 0 N–H and O–H groups in total. The summed E-state index contributed by atoms with van der Waals surface area (Å²) >= 11 is 0. The smallest absolute Gasteiger partial charge is 0.137 e. The highest BCUT2D eigenvalue weighted by Crippen LogP contribution is 2.45. The van der Waals surface area contributed by atoms with E-state index in [-0.39, 0.29) is 0 Å². The number of anilines is 6. The van der Waals surface area contributed by atoms with Gasteiger partial charge in [-0.2, -0.15) is 0 Å². The Morgan fingerprint density at radius 2 is 0.732 bits per heavy atom. The molecule has 0 bridgehead atoms. The molecule has 1 aromatic heterocycles. The van der Waals surface area contributed by atoms with Gasteiger partial charge in [0.25, 0.3) is 0 Å². The van der Waals surface area contributed by atoms with Gasteiger partial charge < -0.3 is 14.2 Å². The average molecular weight is 910 g/mol. The Bertz CT molecular complexity index is 4100. The summed E-state index contributed by atoms with van der Waals surface area (Å²) in [5, 5.41) is 12.1. The quantitative estimate of drug-likeness (QED) is 0.128. The fourth-order valence-corrected chi connectivity index (χ4v) is 10.3. The topological polar surface area (TPSA) is 49.1 Å². The van der Waals surface area contributed by atoms with Gasteiger partial charge in [-0.1, -0.05) is 170 Å². The fourth-order valence-electron chi connectivity index (χ4n) is 10.3. The number of hydrogen-bond donors (Lipinski definition) is 0. The van der Waals surface area contributed by atoms with E-state index in [1.165, 1.54) is 16.5 Å². The van der Waals surface area contributed by atoms with Crippen LogP contribution in [0.2, 0.25) is 0 Å². The summed E-state index contributed by atoms with van der Waals surface area (Å²) in [5.74, 6) is 0. The van der Waals surface area contributed by atoms with Gasteiger partial charge in [0.1, 0.15) is 16.9 Å². The van der Waals surface area contributed by atoms with Gasteiger partial charge >= 0.3 is 0 Å². The standard InChI is InChI=1S/C66H43N3O2/c70-67-62-41-51-40-61-59-38-37-56(69(64-24-12-20-49-18-8-10-22-58(49)64)55-33-27-47(28-34-55)45-15-5-2-6-16-45)43-66(59)71-65(61)42-52(51)39-60(62)50-29-35-54(36-30-50)68(63-23-11-19-48-17-7-9-21-57(48)63)53-31-25-46(26-32-53)44-13-3-1-4-14-44/h1-43H. The molecule has 0 radical (unpaired) electrons. The zero-order chi connectivity index (χ0) is 47.3. The second kappa shape index (κ2) is 17.5. The monoisotopic (exact) mass is 909 g/mol. The third-order valence-electron chi connectivity index (χ3n) is 13.8. The van der Waals surface area contributed by atoms with Crippen molar-refractivity contribution in [3.8, 4) is 33.4 Å². The molecule has 0 aliphatic carbocycles. The molecular formula is C66H43N3O2. The first-order valence-corrected chi connectivity index (χ1v) is 23.9. The normalized spacial score (nSPS) is 11.4. The highest BCUT2D eigenvalue weighted by Gasteiger charge is 2.20. The highest BCUT2D eigenvalue weighted by molar-refractivity contribution is 6.12. The summed E-state index contributed by atoms with van der Waals surface area (Å²) in [5.41, 5.74) is 14.4. The van der Waals surface area contributed by atoms with Crippen molar-refractivity contribution in [1.29, 1.82) is 0 Å². The molecule has 0 atom stereocenters. The third kappa shape index (κ3) is 7.54. The zero-order valence-corrected chi connectivity index (χ0v) is 38.5. The fraction of sp³-hybridized carbons (Fsp3) is 0. The maximum Gasteiger partial charge on any atom is 0.137 e. The first-order valence-electron chi connectivity index (χ1n) is 23.9. The van der Waals surface area contributed by atoms with Crippen molar-refractivity contribution >= 4 is 94.1 Å². The number of fused-ring (bicyclic) bond motifs is 6. The summed E-state index contributed by atoms with van der Waals surface area (Å²) in [7, 11) is 0. The van der Waals surface area contributed by atoms with Gasteiger partial charge in [-0.3, -0.25) is 0 Å². The van der Waals surface area contributed by atoms with Gasteiger partial charge in [-0.05, 0) is 139 Å². The molecular weight excluding hydrogens is 867 g/mol. The second-order valence-electron chi connectivity index (χ2n) is 18.0. The summed E-state index contributed by atoms with van der Waals surface area (Å²) in [6.07, 6.45) is 0. The first-order chi connectivity index (χ1) is 35.1. The van der Waals surface area contributed by atoms with Crippen molar-refractivity contribution in [2.45, 2.75) is 0 Å². The molecule has 13 aromatic rings. The first kappa shape index (κ1) is 41.6. The van der Waals surface area contributed by atoms with Crippen LogP contribution in [0.3, 0.4) is 0 Å². The van der Waals surface area contributed by atoms with E-state index in [0.717, 1.165) is 105 Å². The molecule has 12 aromatic carbocycles. The van der Waals surface area contributed by atoms with Gasteiger partial charge in [0.05, 0.1) is 11.4 Å². The van der Waals surface area contributed by atoms with Crippen molar-refractivity contribution < 1.29 is 4.42 Å². The summed E-state index contributed by atoms with van der Waals surface area (Å²) in [6.45, 7) is 0. The molecule has 334 valence electrons. The Kier molecular flexibility index (Phi) is 10.3. The van der Waals surface area contributed by atoms with Crippen LogP contribution in [0, 0.1) is 4.91 Å². The van der Waals surface area contributed by atoms with E-state index in [1.54, 1.807) is 0 Å². The minimum atomic E-state index is 0.381. The highest BCUT2D eigenvalue weighted by atomic mass is 16.3. The van der Waals surface area contributed by atoms with E-state index in [1.807, 2.05) is 18.2 Å². The maximum absolute atomic E-state index is 12.7. The number of benzene rings is 12. The number of furan rings is 1. The Hall–Kier alpha value is -9.58. The van der Waals surface area contributed by atoms with Gasteiger partial charge in [-0.15, -0.1) is 4.91 Å². The summed E-state index contributed by atoms with van der Waals surface area (Å²) < 4.78 is 6.76. The molecule has 0 aliphatic rings. The molecule has 13 rings (SSSR count). The molecule has 1 heterocycles. The van der Waals surface area contributed by atoms with Gasteiger partial charge in [0.2, 0.25) is 0 Å². The van der Waals surface area contributed by atoms with Gasteiger partial charge in [0.15, 0.2) is 0 Å². The molecule has 0 amide bonds. The van der Waals surface area contributed by atoms with Crippen molar-refractivity contribution in [3.63, 3.8) is 0 Å². The average Bonchev–Trinajstić information content (AvgIpc) is 3.79. The molecule has 0 saturated heterocycles. The number of nitrogens with zero attached hydrogens (tertiary/aromatic N) is 3. The predicted octanol–water partition coefficient (Wildman–Crippen LogP) is 19.4. The Morgan fingerprint density at radius 3 is 1.28 bits per heavy atom. The Labute approximate surface area is 410 Å². The van der Waals surface area contributed by atoms with Crippen molar-refractivity contribution in [3.05, 3.63) is 266 Å². The summed E-state index contributed by atoms with van der Waals surface area (Å²) in [6, 6.07) is 91.3. The molecule has 0 spiro atoms. The van der Waals surface area contributed by atoms with Crippen LogP contribution in [-0.4, -0.2) is 0 Å². The van der Waals surface area contributed by atoms with Crippen molar-refractivity contribution in [1.82, 2.24) is 0 Å². The minimum Gasteiger partial charge on any atom is -0.456 e. The molecule has 5 nitrogen and oxygen atoms in total. The third-order valence-corrected chi connectivity index (χ3v) is 13.8. The van der Waals surface area contributed by atoms with Crippen LogP contribution in [0.5, 0.6) is 0 Å². The lowest BCUT2D eigenvalue weighted by atomic mass is 9.97. The Morgan fingerprint density at radius 1 is 0.296 bits per heavy atom. The molecule has 0 unspecified atom stereocenters. The second-order valence-corrected chi connectivity index (χ2v) is 18.0. The van der Waals surface area contributed by atoms with Crippen molar-refractivity contribution in [2.24, 2.45) is 5.18 Å². The van der Waals surface area contributed by atoms with E-state index < -0.39 is 0 Å². The van der Waals surface area contributed by atoms with E-state index >= 15 is 0 Å². The lowest BCUT2D eigenvalue weighted by Crippen LogP contribution is -2.10. The maximum atomic E-state index is 12.7. The lowest BCUT2D eigenvalue weighted by Gasteiger charge is -2.27.